The minimum atomic E-state index is 0.606. The zero-order valence-corrected chi connectivity index (χ0v) is 4.07. The molecule has 0 saturated carbocycles. The Morgan fingerprint density at radius 2 is 2.29 bits per heavy atom. The Kier molecular flexibility index (Phi) is 2.52. The average Bonchev–Trinajstić information content (AvgIpc) is 1.68. The number of terminal acetylenes is 1. The average molecular weight is 90.1 g/mol. The summed E-state index contributed by atoms with van der Waals surface area (Å²) in [5.41, 5.74) is 3.11. The molecule has 0 unspecified atom stereocenters. The first-order valence-electron chi connectivity index (χ1n) is 1.82. The molecule has 7 heavy (non-hydrogen) atoms. The molecule has 0 aromatic rings. The molecule has 0 atom stereocenters. The van der Waals surface area contributed by atoms with Gasteiger partial charge in [-0.15, -0.1) is 12.2 Å². The number of hydrogen-bond acceptors (Lipinski definition) is 0. The lowest BCUT2D eigenvalue weighted by Crippen LogP contribution is -1.58. The first kappa shape index (κ1) is 5.82. The Labute approximate surface area is 43.9 Å². The minimum Gasteiger partial charge on any atom is -0.127 e. The van der Waals surface area contributed by atoms with Gasteiger partial charge in [-0.3, -0.25) is 0 Å². The van der Waals surface area contributed by atoms with Gasteiger partial charge >= 0.3 is 0 Å². The molecule has 0 amide bonds. The maximum absolute atomic E-state index is 4.91. The smallest absolute Gasteiger partial charge is 0.0247 e. The van der Waals surface area contributed by atoms with Crippen LogP contribution in [0.25, 0.3) is 0 Å². The predicted octanol–water partition coefficient (Wildman–Crippen LogP) is 1.52. The van der Waals surface area contributed by atoms with Crippen molar-refractivity contribution in [1.82, 2.24) is 0 Å². The highest BCUT2D eigenvalue weighted by atomic mass is 13.7. The maximum atomic E-state index is 4.91. The minimum absolute atomic E-state index is 0.606. The van der Waals surface area contributed by atoms with Gasteiger partial charge in [-0.2, -0.15) is 0 Å². The summed E-state index contributed by atoms with van der Waals surface area (Å²) in [5.74, 6) is 2.31. The topological polar surface area (TPSA) is 0 Å². The van der Waals surface area contributed by atoms with E-state index >= 15 is 0 Å². The molecular formula is C7H6. The van der Waals surface area contributed by atoms with E-state index in [0.29, 0.717) is 5.57 Å². The van der Waals surface area contributed by atoms with E-state index in [-0.39, 0.29) is 0 Å². The summed E-state index contributed by atoms with van der Waals surface area (Å²) in [6.07, 6.45) is 6.47. The van der Waals surface area contributed by atoms with Gasteiger partial charge in [0.15, 0.2) is 0 Å². The second kappa shape index (κ2) is 3.03. The standard InChI is InChI=1S/C7H6/c1-4-6-7(3)5-2/h2,6H,1,3H2. The molecule has 0 N–H and O–H groups in total. The normalized spacial score (nSPS) is 5.57. The van der Waals surface area contributed by atoms with Crippen molar-refractivity contribution in [2.75, 3.05) is 0 Å². The van der Waals surface area contributed by atoms with Crippen molar-refractivity contribution in [2.45, 2.75) is 0 Å². The van der Waals surface area contributed by atoms with Crippen LogP contribution in [0.5, 0.6) is 0 Å². The molecule has 0 aliphatic heterocycles. The van der Waals surface area contributed by atoms with E-state index in [0.717, 1.165) is 0 Å². The summed E-state index contributed by atoms with van der Waals surface area (Å²) in [6, 6.07) is 0. The SMILES string of the molecule is C#CC(=C)C=C=C. The molecule has 0 saturated heterocycles. The van der Waals surface area contributed by atoms with Crippen molar-refractivity contribution < 1.29 is 0 Å². The van der Waals surface area contributed by atoms with Crippen molar-refractivity contribution in [3.8, 4) is 12.3 Å². The molecular weight excluding hydrogens is 84.1 g/mol. The van der Waals surface area contributed by atoms with Crippen LogP contribution in [0.3, 0.4) is 0 Å². The fourth-order valence-electron chi connectivity index (χ4n) is 0.165. The Hall–Kier alpha value is -1.18. The van der Waals surface area contributed by atoms with E-state index in [1.807, 2.05) is 0 Å². The third-order valence-corrected chi connectivity index (χ3v) is 0.462. The quantitative estimate of drug-likeness (QED) is 0.260. The Morgan fingerprint density at radius 3 is 2.43 bits per heavy atom. The van der Waals surface area contributed by atoms with Crippen LogP contribution in [0, 0.1) is 12.3 Å². The zero-order valence-electron chi connectivity index (χ0n) is 4.07. The summed E-state index contributed by atoms with van der Waals surface area (Å²) in [7, 11) is 0. The van der Waals surface area contributed by atoms with Crippen LogP contribution in [0.15, 0.2) is 30.5 Å². The van der Waals surface area contributed by atoms with Crippen molar-refractivity contribution in [3.05, 3.63) is 30.5 Å². The monoisotopic (exact) mass is 90.0 g/mol. The lowest BCUT2D eigenvalue weighted by atomic mass is 10.3. The number of hydrogen-bond donors (Lipinski definition) is 0. The van der Waals surface area contributed by atoms with Crippen LogP contribution in [0.4, 0.5) is 0 Å². The fraction of sp³-hybridized carbons (Fsp3) is 0. The van der Waals surface area contributed by atoms with Crippen LogP contribution in [-0.4, -0.2) is 0 Å². The van der Waals surface area contributed by atoms with Gasteiger partial charge in [0.25, 0.3) is 0 Å². The molecule has 0 aromatic carbocycles. The summed E-state index contributed by atoms with van der Waals surface area (Å²) in [5, 5.41) is 0. The summed E-state index contributed by atoms with van der Waals surface area (Å²) >= 11 is 0. The van der Waals surface area contributed by atoms with Crippen LogP contribution in [0.1, 0.15) is 0 Å². The molecule has 0 nitrogen and oxygen atoms in total. The van der Waals surface area contributed by atoms with Gasteiger partial charge in [0, 0.05) is 5.57 Å². The first-order chi connectivity index (χ1) is 3.31. The Morgan fingerprint density at radius 1 is 1.71 bits per heavy atom. The van der Waals surface area contributed by atoms with Gasteiger partial charge in [-0.05, 0) is 6.08 Å². The third-order valence-electron chi connectivity index (χ3n) is 0.462. The van der Waals surface area contributed by atoms with E-state index in [4.69, 9.17) is 6.42 Å². The highest BCUT2D eigenvalue weighted by molar-refractivity contribution is 5.31. The molecule has 0 bridgehead atoms. The van der Waals surface area contributed by atoms with E-state index in [9.17, 15) is 0 Å². The molecule has 0 aliphatic rings. The second-order valence-corrected chi connectivity index (χ2v) is 1.02. The summed E-state index contributed by atoms with van der Waals surface area (Å²) < 4.78 is 0. The van der Waals surface area contributed by atoms with Crippen molar-refractivity contribution in [3.63, 3.8) is 0 Å². The maximum Gasteiger partial charge on any atom is 0.0247 e. The molecule has 0 radical (unpaired) electrons. The van der Waals surface area contributed by atoms with E-state index in [1.165, 1.54) is 0 Å². The third kappa shape index (κ3) is 2.63. The Bertz CT molecular complexity index is 149. The van der Waals surface area contributed by atoms with Crippen molar-refractivity contribution >= 4 is 0 Å². The molecule has 0 aromatic heterocycles. The molecule has 0 spiro atoms. The number of allylic oxidation sites excluding steroid dienone is 2. The van der Waals surface area contributed by atoms with Gasteiger partial charge in [-0.1, -0.05) is 19.1 Å². The molecule has 0 heterocycles. The van der Waals surface area contributed by atoms with Crippen LogP contribution in [0.2, 0.25) is 0 Å². The molecule has 34 valence electrons. The van der Waals surface area contributed by atoms with Gasteiger partial charge in [0.1, 0.15) is 0 Å². The molecule has 0 aliphatic carbocycles. The van der Waals surface area contributed by atoms with Crippen molar-refractivity contribution in [2.24, 2.45) is 0 Å². The molecule has 0 rings (SSSR count). The van der Waals surface area contributed by atoms with Gasteiger partial charge in [-0.25, -0.2) is 0 Å². The predicted molar refractivity (Wildman–Crippen MR) is 31.7 cm³/mol. The first-order valence-corrected chi connectivity index (χ1v) is 1.82. The van der Waals surface area contributed by atoms with Crippen LogP contribution < -0.4 is 0 Å². The fourth-order valence-corrected chi connectivity index (χ4v) is 0.165. The highest BCUT2D eigenvalue weighted by Gasteiger charge is 1.68. The van der Waals surface area contributed by atoms with Crippen LogP contribution in [-0.2, 0) is 0 Å². The summed E-state index contributed by atoms with van der Waals surface area (Å²) in [6.45, 7) is 6.78. The van der Waals surface area contributed by atoms with E-state index in [1.54, 1.807) is 6.08 Å². The lowest BCUT2D eigenvalue weighted by molar-refractivity contribution is 1.88. The van der Waals surface area contributed by atoms with Crippen LogP contribution >= 0.6 is 0 Å². The van der Waals surface area contributed by atoms with Crippen molar-refractivity contribution in [1.29, 1.82) is 0 Å². The molecule has 0 fully saturated rings. The second-order valence-electron chi connectivity index (χ2n) is 1.02. The lowest BCUT2D eigenvalue weighted by Gasteiger charge is -1.72. The largest absolute Gasteiger partial charge is 0.127 e. The van der Waals surface area contributed by atoms with E-state index in [2.05, 4.69) is 24.8 Å². The number of rotatable bonds is 1. The van der Waals surface area contributed by atoms with Gasteiger partial charge < -0.3 is 0 Å². The molecule has 0 heteroatoms. The van der Waals surface area contributed by atoms with Gasteiger partial charge in [0.2, 0.25) is 0 Å². The van der Waals surface area contributed by atoms with E-state index < -0.39 is 0 Å². The Balaban J connectivity index is 3.91. The highest BCUT2D eigenvalue weighted by Crippen LogP contribution is 1.83. The summed E-state index contributed by atoms with van der Waals surface area (Å²) in [4.78, 5) is 0. The zero-order chi connectivity index (χ0) is 5.70. The van der Waals surface area contributed by atoms with Gasteiger partial charge in [0.05, 0.1) is 0 Å².